The summed E-state index contributed by atoms with van der Waals surface area (Å²) in [5, 5.41) is 2.22. The summed E-state index contributed by atoms with van der Waals surface area (Å²) in [6.45, 7) is 2.40. The second-order valence-corrected chi connectivity index (χ2v) is 3.71. The van der Waals surface area contributed by atoms with Gasteiger partial charge >= 0.3 is 0 Å². The number of anilines is 1. The van der Waals surface area contributed by atoms with Gasteiger partial charge in [-0.2, -0.15) is 0 Å². The second kappa shape index (κ2) is 4.48. The van der Waals surface area contributed by atoms with Gasteiger partial charge in [0, 0.05) is 26.2 Å². The van der Waals surface area contributed by atoms with Crippen LogP contribution in [0.1, 0.15) is 0 Å². The Morgan fingerprint density at radius 2 is 1.29 bits per heavy atom. The number of nitrogens with one attached hydrogen (secondary N) is 1. The summed E-state index contributed by atoms with van der Waals surface area (Å²) in [6, 6.07) is 0. The maximum atomic E-state index is 13.1. The summed E-state index contributed by atoms with van der Waals surface area (Å²) in [4.78, 5) is 1.94. The smallest absolute Gasteiger partial charge is 0.200 e. The van der Waals surface area contributed by atoms with Crippen LogP contribution in [0.3, 0.4) is 0 Å². The largest absolute Gasteiger partial charge is 0.379 e. The van der Waals surface area contributed by atoms with Gasteiger partial charge in [-0.05, 0) is 0 Å². The van der Waals surface area contributed by atoms with E-state index in [4.69, 9.17) is 0 Å². The molecule has 1 heterocycles. The van der Waals surface area contributed by atoms with Crippen LogP contribution in [0, 0.1) is 29.1 Å². The zero-order valence-corrected chi connectivity index (χ0v) is 8.67. The van der Waals surface area contributed by atoms with Crippen molar-refractivity contribution in [1.29, 1.82) is 0 Å². The van der Waals surface area contributed by atoms with Crippen molar-refractivity contribution in [1.82, 2.24) is 4.90 Å². The van der Waals surface area contributed by atoms with Crippen LogP contribution in [0.25, 0.3) is 0 Å². The molecule has 0 atom stereocenters. The molecule has 1 aromatic rings. The molecule has 1 aromatic carbocycles. The molecule has 2 nitrogen and oxygen atoms in total. The van der Waals surface area contributed by atoms with E-state index in [1.807, 2.05) is 4.90 Å². The first-order valence-electron chi connectivity index (χ1n) is 5.00. The first-order chi connectivity index (χ1) is 8.02. The van der Waals surface area contributed by atoms with Crippen LogP contribution in [0.2, 0.25) is 0 Å². The average molecular weight is 252 g/mol. The summed E-state index contributed by atoms with van der Waals surface area (Å²) in [5.41, 5.74) is -0.969. The molecule has 1 saturated heterocycles. The minimum atomic E-state index is -2.14. The molecule has 17 heavy (non-hydrogen) atoms. The Balaban J connectivity index is 2.19. The van der Waals surface area contributed by atoms with E-state index in [2.05, 4.69) is 5.32 Å². The van der Waals surface area contributed by atoms with E-state index >= 15 is 0 Å². The van der Waals surface area contributed by atoms with Gasteiger partial charge in [-0.3, -0.25) is 4.90 Å². The number of benzene rings is 1. The second-order valence-electron chi connectivity index (χ2n) is 3.71. The standard InChI is InChI=1S/C10H9F5N2/c11-5-6(12)8(14)10(9(15)7(5)13)16-1-2-17-3-4-17/h16H,1-4H2. The summed E-state index contributed by atoms with van der Waals surface area (Å²) >= 11 is 0. The molecule has 7 heteroatoms. The third kappa shape index (κ3) is 2.33. The van der Waals surface area contributed by atoms with Crippen molar-refractivity contribution >= 4 is 5.69 Å². The Hall–Kier alpha value is -1.37. The SMILES string of the molecule is Fc1c(F)c(F)c(NCCN2CC2)c(F)c1F. The Labute approximate surface area is 94.0 Å². The highest BCUT2D eigenvalue weighted by Gasteiger charge is 2.25. The van der Waals surface area contributed by atoms with E-state index < -0.39 is 34.8 Å². The van der Waals surface area contributed by atoms with Gasteiger partial charge < -0.3 is 5.32 Å². The lowest BCUT2D eigenvalue weighted by Crippen LogP contribution is -2.16. The fraction of sp³-hybridized carbons (Fsp3) is 0.400. The minimum absolute atomic E-state index is 0.123. The van der Waals surface area contributed by atoms with Gasteiger partial charge in [0.25, 0.3) is 0 Å². The predicted molar refractivity (Wildman–Crippen MR) is 51.2 cm³/mol. The van der Waals surface area contributed by atoms with E-state index in [1.165, 1.54) is 0 Å². The molecule has 1 fully saturated rings. The van der Waals surface area contributed by atoms with Gasteiger partial charge in [0.05, 0.1) is 0 Å². The Bertz CT molecular complexity index is 416. The fourth-order valence-corrected chi connectivity index (χ4v) is 1.39. The first kappa shape index (κ1) is 12.1. The number of hydrogen-bond donors (Lipinski definition) is 1. The van der Waals surface area contributed by atoms with Gasteiger partial charge in [0.2, 0.25) is 5.82 Å². The number of nitrogens with zero attached hydrogens (tertiary/aromatic N) is 1. The molecule has 94 valence electrons. The molecule has 0 amide bonds. The van der Waals surface area contributed by atoms with Crippen LogP contribution in [0.5, 0.6) is 0 Å². The van der Waals surface area contributed by atoms with Crippen molar-refractivity contribution in [2.75, 3.05) is 31.5 Å². The molecule has 2 rings (SSSR count). The molecule has 1 aliphatic rings. The molecule has 0 saturated carbocycles. The molecular weight excluding hydrogens is 243 g/mol. The van der Waals surface area contributed by atoms with Crippen LogP contribution in [0.15, 0.2) is 0 Å². The minimum Gasteiger partial charge on any atom is -0.379 e. The van der Waals surface area contributed by atoms with Crippen LogP contribution < -0.4 is 5.32 Å². The predicted octanol–water partition coefficient (Wildman–Crippen LogP) is 2.11. The van der Waals surface area contributed by atoms with E-state index in [1.54, 1.807) is 0 Å². The van der Waals surface area contributed by atoms with Crippen molar-refractivity contribution in [2.45, 2.75) is 0 Å². The van der Waals surface area contributed by atoms with Gasteiger partial charge in [0.15, 0.2) is 23.3 Å². The summed E-state index contributed by atoms with van der Waals surface area (Å²) in [7, 11) is 0. The maximum absolute atomic E-state index is 13.1. The Kier molecular flexibility index (Phi) is 3.19. The molecule has 0 unspecified atom stereocenters. The van der Waals surface area contributed by atoms with Crippen molar-refractivity contribution < 1.29 is 22.0 Å². The average Bonchev–Trinajstić information content (AvgIpc) is 3.12. The van der Waals surface area contributed by atoms with Crippen LogP contribution in [-0.2, 0) is 0 Å². The van der Waals surface area contributed by atoms with Gasteiger partial charge in [-0.15, -0.1) is 0 Å². The molecule has 0 bridgehead atoms. The third-order valence-corrected chi connectivity index (χ3v) is 2.48. The highest BCUT2D eigenvalue weighted by atomic mass is 19.2. The van der Waals surface area contributed by atoms with Crippen molar-refractivity contribution in [2.24, 2.45) is 0 Å². The van der Waals surface area contributed by atoms with Crippen LogP contribution in [-0.4, -0.2) is 31.1 Å². The van der Waals surface area contributed by atoms with E-state index in [-0.39, 0.29) is 6.54 Å². The third-order valence-electron chi connectivity index (χ3n) is 2.48. The monoisotopic (exact) mass is 252 g/mol. The molecule has 1 N–H and O–H groups in total. The van der Waals surface area contributed by atoms with E-state index in [0.29, 0.717) is 6.54 Å². The maximum Gasteiger partial charge on any atom is 0.200 e. The lowest BCUT2D eigenvalue weighted by Gasteiger charge is -2.10. The van der Waals surface area contributed by atoms with Crippen molar-refractivity contribution in [3.05, 3.63) is 29.1 Å². The van der Waals surface area contributed by atoms with Crippen LogP contribution in [0.4, 0.5) is 27.6 Å². The number of halogens is 5. The zero-order valence-electron chi connectivity index (χ0n) is 8.67. The molecule has 0 aromatic heterocycles. The first-order valence-corrected chi connectivity index (χ1v) is 5.00. The molecule has 0 aliphatic carbocycles. The molecule has 1 aliphatic heterocycles. The Morgan fingerprint density at radius 3 is 1.76 bits per heavy atom. The van der Waals surface area contributed by atoms with Crippen molar-refractivity contribution in [3.63, 3.8) is 0 Å². The van der Waals surface area contributed by atoms with Crippen molar-refractivity contribution in [3.8, 4) is 0 Å². The highest BCUT2D eigenvalue weighted by molar-refractivity contribution is 5.47. The van der Waals surface area contributed by atoms with E-state index in [0.717, 1.165) is 13.1 Å². The van der Waals surface area contributed by atoms with Gasteiger partial charge in [-0.1, -0.05) is 0 Å². The highest BCUT2D eigenvalue weighted by Crippen LogP contribution is 2.26. The fourth-order valence-electron chi connectivity index (χ4n) is 1.39. The topological polar surface area (TPSA) is 15.0 Å². The zero-order chi connectivity index (χ0) is 12.6. The van der Waals surface area contributed by atoms with Crippen LogP contribution >= 0.6 is 0 Å². The normalized spacial score (nSPS) is 15.1. The van der Waals surface area contributed by atoms with Gasteiger partial charge in [0.1, 0.15) is 5.69 Å². The Morgan fingerprint density at radius 1 is 0.824 bits per heavy atom. The quantitative estimate of drug-likeness (QED) is 0.382. The molecular formula is C10H9F5N2. The summed E-state index contributed by atoms with van der Waals surface area (Å²) in [5.74, 6) is -9.66. The van der Waals surface area contributed by atoms with E-state index in [9.17, 15) is 22.0 Å². The summed E-state index contributed by atoms with van der Waals surface area (Å²) < 4.78 is 64.6. The van der Waals surface area contributed by atoms with Gasteiger partial charge in [-0.25, -0.2) is 22.0 Å². The lowest BCUT2D eigenvalue weighted by molar-refractivity contribution is 0.381. The molecule has 0 radical (unpaired) electrons. The summed E-state index contributed by atoms with van der Waals surface area (Å²) in [6.07, 6.45) is 0. The number of hydrogen-bond acceptors (Lipinski definition) is 2. The number of rotatable bonds is 4. The molecule has 0 spiro atoms. The lowest BCUT2D eigenvalue weighted by atomic mass is 10.2.